The van der Waals surface area contributed by atoms with Gasteiger partial charge < -0.3 is 20.2 Å². The van der Waals surface area contributed by atoms with Gasteiger partial charge >= 0.3 is 5.97 Å². The Morgan fingerprint density at radius 1 is 1.16 bits per heavy atom. The summed E-state index contributed by atoms with van der Waals surface area (Å²) in [6.07, 6.45) is 6.22. The zero-order valence-corrected chi connectivity index (χ0v) is 22.7. The molecule has 3 fully saturated rings. The molecule has 3 atom stereocenters. The number of carbonyl (C=O) groups excluding carboxylic acids is 3. The Hall–Kier alpha value is -2.61. The lowest BCUT2D eigenvalue weighted by Gasteiger charge is -2.35. The lowest BCUT2D eigenvalue weighted by molar-refractivity contribution is -0.150. The number of aliphatic carboxylic acids is 1. The number of hydrogen-bond acceptors (Lipinski definition) is 4. The van der Waals surface area contributed by atoms with E-state index in [2.05, 4.69) is 5.32 Å². The quantitative estimate of drug-likeness (QED) is 0.570. The molecule has 4 rings (SSSR count). The van der Waals surface area contributed by atoms with Crippen LogP contribution < -0.4 is 10.2 Å². The third-order valence-corrected chi connectivity index (χ3v) is 8.37. The molecule has 1 aromatic rings. The van der Waals surface area contributed by atoms with Crippen molar-refractivity contribution in [3.63, 3.8) is 0 Å². The summed E-state index contributed by atoms with van der Waals surface area (Å²) in [5.74, 6) is -1.45. The summed E-state index contributed by atoms with van der Waals surface area (Å²) < 4.78 is 0. The van der Waals surface area contributed by atoms with E-state index in [1.54, 1.807) is 29.2 Å². The second kappa shape index (κ2) is 10.6. The van der Waals surface area contributed by atoms with Crippen LogP contribution in [-0.4, -0.2) is 58.9 Å². The minimum absolute atomic E-state index is 0.117. The van der Waals surface area contributed by atoms with Gasteiger partial charge in [0.05, 0.1) is 0 Å². The number of carboxylic acids is 1. The number of carboxylic acid groups (broad SMARTS) is 1. The van der Waals surface area contributed by atoms with Gasteiger partial charge in [0.2, 0.25) is 17.7 Å². The molecule has 202 valence electrons. The molecule has 1 saturated carbocycles. The van der Waals surface area contributed by atoms with Crippen LogP contribution in [0, 0.1) is 16.7 Å². The third-order valence-electron chi connectivity index (χ3n) is 8.13. The normalized spacial score (nSPS) is 25.5. The second-order valence-electron chi connectivity index (χ2n) is 12.2. The number of nitrogens with zero attached hydrogens (tertiary/aromatic N) is 2. The molecule has 2 saturated heterocycles. The van der Waals surface area contributed by atoms with Crippen LogP contribution in [0.4, 0.5) is 5.69 Å². The molecule has 0 radical (unpaired) electrons. The summed E-state index contributed by atoms with van der Waals surface area (Å²) in [6, 6.07) is 5.09. The average molecular weight is 532 g/mol. The molecule has 8 nitrogen and oxygen atoms in total. The number of rotatable bonds is 6. The molecule has 0 aromatic heterocycles. The highest BCUT2D eigenvalue weighted by Gasteiger charge is 2.56. The molecule has 2 heterocycles. The van der Waals surface area contributed by atoms with Crippen molar-refractivity contribution < 1.29 is 24.3 Å². The van der Waals surface area contributed by atoms with E-state index in [1.165, 1.54) is 11.3 Å². The molecule has 1 spiro atoms. The van der Waals surface area contributed by atoms with Crippen LogP contribution in [0.15, 0.2) is 24.3 Å². The van der Waals surface area contributed by atoms with Gasteiger partial charge in [0, 0.05) is 42.1 Å². The number of halogens is 1. The summed E-state index contributed by atoms with van der Waals surface area (Å²) in [6.45, 7) is 6.08. The van der Waals surface area contributed by atoms with Crippen LogP contribution in [-0.2, 0) is 19.2 Å². The standard InChI is InChI=1S/C28H38ClN3O5/c1-27(2,3)24(30-22(33)12-18-8-5-4-6-9-18)25(35)32-17-28(14-21(32)26(36)37)15-23(34)31(16-28)20-11-7-10-19(29)13-20/h7,10-11,13,18,21,24H,4-6,8-9,12,14-17H2,1-3H3,(H,30,33)(H,36,37)/t21?,24-,28?/m1/s1. The van der Waals surface area contributed by atoms with Gasteiger partial charge in [0.1, 0.15) is 12.1 Å². The van der Waals surface area contributed by atoms with Gasteiger partial charge in [-0.3, -0.25) is 14.4 Å². The van der Waals surface area contributed by atoms with Crippen molar-refractivity contribution in [3.05, 3.63) is 29.3 Å². The van der Waals surface area contributed by atoms with E-state index >= 15 is 0 Å². The number of hydrogen-bond donors (Lipinski definition) is 2. The maximum absolute atomic E-state index is 13.9. The molecular weight excluding hydrogens is 494 g/mol. The van der Waals surface area contributed by atoms with Gasteiger partial charge in [-0.1, -0.05) is 57.7 Å². The first-order chi connectivity index (χ1) is 17.4. The summed E-state index contributed by atoms with van der Waals surface area (Å²) >= 11 is 6.13. The van der Waals surface area contributed by atoms with E-state index in [0.29, 0.717) is 29.6 Å². The van der Waals surface area contributed by atoms with Crippen molar-refractivity contribution in [3.8, 4) is 0 Å². The Kier molecular flexibility index (Phi) is 7.88. The van der Waals surface area contributed by atoms with Gasteiger partial charge in [-0.2, -0.15) is 0 Å². The fourth-order valence-corrected chi connectivity index (χ4v) is 6.40. The summed E-state index contributed by atoms with van der Waals surface area (Å²) in [7, 11) is 0. The molecule has 2 aliphatic heterocycles. The predicted molar refractivity (Wildman–Crippen MR) is 141 cm³/mol. The molecular formula is C28H38ClN3O5. The number of amides is 3. The predicted octanol–water partition coefficient (Wildman–Crippen LogP) is 4.25. The van der Waals surface area contributed by atoms with Crippen LogP contribution in [0.25, 0.3) is 0 Å². The second-order valence-corrected chi connectivity index (χ2v) is 12.7. The van der Waals surface area contributed by atoms with Gasteiger partial charge in [-0.05, 0) is 48.8 Å². The molecule has 0 bridgehead atoms. The number of carbonyl (C=O) groups is 4. The first-order valence-corrected chi connectivity index (χ1v) is 13.6. The first kappa shape index (κ1) is 27.4. The Bertz CT molecular complexity index is 1060. The van der Waals surface area contributed by atoms with Crippen molar-refractivity contribution in [2.24, 2.45) is 16.7 Å². The zero-order valence-electron chi connectivity index (χ0n) is 22.0. The third kappa shape index (κ3) is 6.11. The first-order valence-electron chi connectivity index (χ1n) is 13.3. The van der Waals surface area contributed by atoms with Gasteiger partial charge in [0.15, 0.2) is 0 Å². The Morgan fingerprint density at radius 2 is 1.86 bits per heavy atom. The van der Waals surface area contributed by atoms with Crippen LogP contribution in [0.5, 0.6) is 0 Å². The van der Waals surface area contributed by atoms with E-state index < -0.39 is 34.8 Å². The Balaban J connectivity index is 1.52. The average Bonchev–Trinajstić information content (AvgIpc) is 3.36. The van der Waals surface area contributed by atoms with Crippen molar-refractivity contribution >= 4 is 41.0 Å². The van der Waals surface area contributed by atoms with Crippen LogP contribution in [0.2, 0.25) is 5.02 Å². The van der Waals surface area contributed by atoms with Gasteiger partial charge in [-0.15, -0.1) is 0 Å². The Morgan fingerprint density at radius 3 is 2.49 bits per heavy atom. The molecule has 2 N–H and O–H groups in total. The number of benzene rings is 1. The maximum atomic E-state index is 13.9. The van der Waals surface area contributed by atoms with Crippen LogP contribution >= 0.6 is 11.6 Å². The van der Waals surface area contributed by atoms with E-state index in [-0.39, 0.29) is 31.2 Å². The summed E-state index contributed by atoms with van der Waals surface area (Å²) in [5.41, 5.74) is -0.628. The van der Waals surface area contributed by atoms with Crippen molar-refractivity contribution in [1.82, 2.24) is 10.2 Å². The minimum Gasteiger partial charge on any atom is -0.480 e. The number of anilines is 1. The van der Waals surface area contributed by atoms with Crippen molar-refractivity contribution in [2.45, 2.75) is 84.2 Å². The topological polar surface area (TPSA) is 107 Å². The molecule has 2 unspecified atom stereocenters. The summed E-state index contributed by atoms with van der Waals surface area (Å²) in [4.78, 5) is 55.2. The fraction of sp³-hybridized carbons (Fsp3) is 0.643. The lowest BCUT2D eigenvalue weighted by atomic mass is 9.84. The SMILES string of the molecule is CC(C)(C)[C@H](NC(=O)CC1CCCCC1)C(=O)N1CC2(CC(=O)N(c3cccc(Cl)c3)C2)CC1C(=O)O. The molecule has 9 heteroatoms. The number of nitrogens with one attached hydrogen (secondary N) is 1. The molecule has 3 amide bonds. The zero-order chi connectivity index (χ0) is 27.0. The van der Waals surface area contributed by atoms with E-state index in [4.69, 9.17) is 11.6 Å². The molecule has 37 heavy (non-hydrogen) atoms. The highest BCUT2D eigenvalue weighted by atomic mass is 35.5. The minimum atomic E-state index is -1.10. The lowest BCUT2D eigenvalue weighted by Crippen LogP contribution is -2.57. The maximum Gasteiger partial charge on any atom is 0.326 e. The molecule has 1 aromatic carbocycles. The van der Waals surface area contributed by atoms with E-state index in [1.807, 2.05) is 20.8 Å². The fourth-order valence-electron chi connectivity index (χ4n) is 6.21. The van der Waals surface area contributed by atoms with Crippen LogP contribution in [0.1, 0.15) is 72.1 Å². The smallest absolute Gasteiger partial charge is 0.326 e. The number of likely N-dealkylation sites (tertiary alicyclic amines) is 1. The van der Waals surface area contributed by atoms with Crippen molar-refractivity contribution in [2.75, 3.05) is 18.0 Å². The Labute approximate surface area is 223 Å². The van der Waals surface area contributed by atoms with Gasteiger partial charge in [0.25, 0.3) is 0 Å². The van der Waals surface area contributed by atoms with Crippen LogP contribution in [0.3, 0.4) is 0 Å². The highest BCUT2D eigenvalue weighted by molar-refractivity contribution is 6.31. The summed E-state index contributed by atoms with van der Waals surface area (Å²) in [5, 5.41) is 13.5. The van der Waals surface area contributed by atoms with Gasteiger partial charge in [-0.25, -0.2) is 4.79 Å². The van der Waals surface area contributed by atoms with E-state index in [9.17, 15) is 24.3 Å². The molecule has 3 aliphatic rings. The largest absolute Gasteiger partial charge is 0.480 e. The van der Waals surface area contributed by atoms with Crippen molar-refractivity contribution in [1.29, 1.82) is 0 Å². The monoisotopic (exact) mass is 531 g/mol. The molecule has 1 aliphatic carbocycles. The highest BCUT2D eigenvalue weighted by Crippen LogP contribution is 2.45. The van der Waals surface area contributed by atoms with E-state index in [0.717, 1.165) is 25.7 Å².